The van der Waals surface area contributed by atoms with Gasteiger partial charge in [-0.05, 0) is 43.2 Å². The third-order valence-corrected chi connectivity index (χ3v) is 6.76. The number of anilines is 1. The Morgan fingerprint density at radius 2 is 1.90 bits per heavy atom. The first-order valence-corrected chi connectivity index (χ1v) is 10.5. The van der Waals surface area contributed by atoms with E-state index in [-0.39, 0.29) is 34.3 Å². The Balaban J connectivity index is 1.86. The van der Waals surface area contributed by atoms with Crippen LogP contribution in [-0.4, -0.2) is 36.1 Å². The quantitative estimate of drug-likeness (QED) is 0.563. The maximum atomic E-state index is 14.0. The molecule has 3 rings (SSSR count). The second-order valence-corrected chi connectivity index (χ2v) is 8.82. The lowest BCUT2D eigenvalue weighted by Gasteiger charge is -2.33. The van der Waals surface area contributed by atoms with Crippen LogP contribution in [0.15, 0.2) is 47.4 Å². The topological polar surface area (TPSA) is 110 Å². The van der Waals surface area contributed by atoms with Crippen LogP contribution in [0, 0.1) is 15.9 Å². The van der Waals surface area contributed by atoms with Gasteiger partial charge in [0.2, 0.25) is 15.9 Å². The second-order valence-electron chi connectivity index (χ2n) is 6.49. The van der Waals surface area contributed by atoms with Gasteiger partial charge >= 0.3 is 0 Å². The number of hydrogen-bond acceptors (Lipinski definition) is 5. The molecule has 11 heteroatoms. The van der Waals surface area contributed by atoms with E-state index in [2.05, 4.69) is 5.32 Å². The van der Waals surface area contributed by atoms with E-state index in [4.69, 9.17) is 11.6 Å². The summed E-state index contributed by atoms with van der Waals surface area (Å²) < 4.78 is 41.1. The molecular formula is C18H17ClFN3O5S. The third kappa shape index (κ3) is 4.55. The van der Waals surface area contributed by atoms with E-state index in [9.17, 15) is 27.7 Å². The number of nitrogens with one attached hydrogen (secondary N) is 1. The van der Waals surface area contributed by atoms with E-state index < -0.39 is 32.7 Å². The summed E-state index contributed by atoms with van der Waals surface area (Å²) in [5, 5.41) is 13.4. The van der Waals surface area contributed by atoms with Crippen LogP contribution in [0.3, 0.4) is 0 Å². The van der Waals surface area contributed by atoms with Crippen molar-refractivity contribution in [3.05, 3.63) is 63.4 Å². The normalized spacial score (nSPS) is 17.7. The molecule has 0 saturated carbocycles. The van der Waals surface area contributed by atoms with E-state index in [1.807, 2.05) is 0 Å². The molecule has 2 aromatic carbocycles. The third-order valence-electron chi connectivity index (χ3n) is 4.60. The fourth-order valence-electron chi connectivity index (χ4n) is 3.14. The minimum atomic E-state index is -4.07. The van der Waals surface area contributed by atoms with Crippen LogP contribution >= 0.6 is 11.6 Å². The summed E-state index contributed by atoms with van der Waals surface area (Å²) in [6.07, 6.45) is 1.46. The number of nitro groups is 1. The zero-order valence-corrected chi connectivity index (χ0v) is 16.6. The summed E-state index contributed by atoms with van der Waals surface area (Å²) in [6, 6.07) is 7.18. The monoisotopic (exact) mass is 441 g/mol. The Morgan fingerprint density at radius 3 is 2.52 bits per heavy atom. The standard InChI is InChI=1S/C18H17ClFN3O5S/c19-12-4-9-16(15(20)11-12)21-18(24)17-3-1-2-10-22(17)29(27,28)14-7-5-13(6-8-14)23(25)26/h4-9,11,17H,1-3,10H2,(H,21,24). The zero-order valence-electron chi connectivity index (χ0n) is 15.0. The number of halogens is 2. The van der Waals surface area contributed by atoms with E-state index in [1.54, 1.807) is 0 Å². The van der Waals surface area contributed by atoms with Crippen LogP contribution in [0.5, 0.6) is 0 Å². The van der Waals surface area contributed by atoms with E-state index in [0.29, 0.717) is 12.8 Å². The van der Waals surface area contributed by atoms with Crippen molar-refractivity contribution in [2.24, 2.45) is 0 Å². The molecule has 1 unspecified atom stereocenters. The number of hydrogen-bond donors (Lipinski definition) is 1. The Labute approximate surface area is 171 Å². The van der Waals surface area contributed by atoms with E-state index >= 15 is 0 Å². The highest BCUT2D eigenvalue weighted by Gasteiger charge is 2.38. The van der Waals surface area contributed by atoms with Crippen molar-refractivity contribution >= 4 is 38.9 Å². The lowest BCUT2D eigenvalue weighted by molar-refractivity contribution is -0.384. The zero-order chi connectivity index (χ0) is 21.2. The minimum Gasteiger partial charge on any atom is -0.322 e. The van der Waals surface area contributed by atoms with Crippen LogP contribution in [0.4, 0.5) is 15.8 Å². The Bertz CT molecular complexity index is 1050. The molecule has 1 aliphatic heterocycles. The molecule has 1 saturated heterocycles. The van der Waals surface area contributed by atoms with Gasteiger partial charge in [0.05, 0.1) is 15.5 Å². The molecule has 2 aromatic rings. The molecule has 0 aliphatic carbocycles. The summed E-state index contributed by atoms with van der Waals surface area (Å²) in [6.45, 7) is 0.112. The molecule has 1 aliphatic rings. The number of rotatable bonds is 5. The van der Waals surface area contributed by atoms with Gasteiger partial charge < -0.3 is 5.32 Å². The summed E-state index contributed by atoms with van der Waals surface area (Å²) in [5.41, 5.74) is -0.340. The molecule has 0 spiro atoms. The van der Waals surface area contributed by atoms with Crippen LogP contribution in [0.25, 0.3) is 0 Å². The average Bonchev–Trinajstić information content (AvgIpc) is 2.70. The van der Waals surface area contributed by atoms with Crippen molar-refractivity contribution in [2.45, 2.75) is 30.2 Å². The Hall–Kier alpha value is -2.56. The average molecular weight is 442 g/mol. The van der Waals surface area contributed by atoms with Gasteiger partial charge in [-0.25, -0.2) is 12.8 Å². The molecule has 1 fully saturated rings. The first-order valence-electron chi connectivity index (χ1n) is 8.72. The molecule has 0 bridgehead atoms. The second kappa shape index (κ2) is 8.44. The summed E-state index contributed by atoms with van der Waals surface area (Å²) >= 11 is 5.70. The summed E-state index contributed by atoms with van der Waals surface area (Å²) in [4.78, 5) is 22.7. The van der Waals surface area contributed by atoms with Crippen molar-refractivity contribution in [2.75, 3.05) is 11.9 Å². The highest BCUT2D eigenvalue weighted by Crippen LogP contribution is 2.28. The molecular weight excluding hydrogens is 425 g/mol. The maximum Gasteiger partial charge on any atom is 0.269 e. The number of carbonyl (C=O) groups excluding carboxylic acids is 1. The number of nitro benzene ring substituents is 1. The molecule has 1 heterocycles. The lowest BCUT2D eigenvalue weighted by Crippen LogP contribution is -2.49. The van der Waals surface area contributed by atoms with Crippen LogP contribution in [-0.2, 0) is 14.8 Å². The predicted octanol–water partition coefficient (Wildman–Crippen LogP) is 3.57. The largest absolute Gasteiger partial charge is 0.322 e. The highest BCUT2D eigenvalue weighted by atomic mass is 35.5. The van der Waals surface area contributed by atoms with Crippen molar-refractivity contribution in [3.63, 3.8) is 0 Å². The summed E-state index contributed by atoms with van der Waals surface area (Å²) in [5.74, 6) is -1.39. The smallest absolute Gasteiger partial charge is 0.269 e. The van der Waals surface area contributed by atoms with Crippen LogP contribution in [0.2, 0.25) is 5.02 Å². The molecule has 154 valence electrons. The van der Waals surface area contributed by atoms with Gasteiger partial charge in [0.25, 0.3) is 5.69 Å². The minimum absolute atomic E-state index is 0.0994. The molecule has 29 heavy (non-hydrogen) atoms. The van der Waals surface area contributed by atoms with Gasteiger partial charge in [-0.15, -0.1) is 0 Å². The number of benzene rings is 2. The lowest BCUT2D eigenvalue weighted by atomic mass is 10.0. The molecule has 1 N–H and O–H groups in total. The Kier molecular flexibility index (Phi) is 6.15. The van der Waals surface area contributed by atoms with Crippen molar-refractivity contribution in [1.29, 1.82) is 0 Å². The van der Waals surface area contributed by atoms with Gasteiger partial charge in [-0.3, -0.25) is 14.9 Å². The van der Waals surface area contributed by atoms with E-state index in [1.165, 1.54) is 12.1 Å². The van der Waals surface area contributed by atoms with Gasteiger partial charge in [0, 0.05) is 23.7 Å². The molecule has 8 nitrogen and oxygen atoms in total. The van der Waals surface area contributed by atoms with Gasteiger partial charge in [0.1, 0.15) is 11.9 Å². The highest BCUT2D eigenvalue weighted by molar-refractivity contribution is 7.89. The number of carbonyl (C=O) groups is 1. The SMILES string of the molecule is O=C(Nc1ccc(Cl)cc1F)C1CCCCN1S(=O)(=O)c1ccc([N+](=O)[O-])cc1. The molecule has 0 aromatic heterocycles. The molecule has 1 amide bonds. The number of nitrogens with zero attached hydrogens (tertiary/aromatic N) is 2. The van der Waals surface area contributed by atoms with Gasteiger partial charge in [-0.2, -0.15) is 4.31 Å². The molecule has 0 radical (unpaired) electrons. The van der Waals surface area contributed by atoms with Crippen LogP contribution < -0.4 is 5.32 Å². The number of amides is 1. The van der Waals surface area contributed by atoms with Gasteiger partial charge in [0.15, 0.2) is 0 Å². The summed E-state index contributed by atoms with van der Waals surface area (Å²) in [7, 11) is -4.07. The number of sulfonamides is 1. The van der Waals surface area contributed by atoms with Gasteiger partial charge in [-0.1, -0.05) is 18.0 Å². The van der Waals surface area contributed by atoms with Crippen LogP contribution in [0.1, 0.15) is 19.3 Å². The first kappa shape index (κ1) is 21.2. The number of non-ortho nitro benzene ring substituents is 1. The number of piperidine rings is 1. The first-order chi connectivity index (χ1) is 13.7. The Morgan fingerprint density at radius 1 is 1.21 bits per heavy atom. The molecule has 1 atom stereocenters. The van der Waals surface area contributed by atoms with Crippen molar-refractivity contribution in [1.82, 2.24) is 4.31 Å². The fourth-order valence-corrected chi connectivity index (χ4v) is 4.95. The van der Waals surface area contributed by atoms with Crippen molar-refractivity contribution in [3.8, 4) is 0 Å². The van der Waals surface area contributed by atoms with E-state index in [0.717, 1.165) is 34.6 Å². The van der Waals surface area contributed by atoms with Crippen molar-refractivity contribution < 1.29 is 22.5 Å². The fraction of sp³-hybridized carbons (Fsp3) is 0.278. The maximum absolute atomic E-state index is 14.0. The predicted molar refractivity (Wildman–Crippen MR) is 105 cm³/mol.